The van der Waals surface area contributed by atoms with Gasteiger partial charge in [-0.1, -0.05) is 126 Å². The average molecular weight is 731 g/mol. The fraction of sp³-hybridized carbons (Fsp3) is 0.705. The zero-order chi connectivity index (χ0) is 38.5. The quantitative estimate of drug-likeness (QED) is 0.0300. The Kier molecular flexibility index (Phi) is 33.1. The lowest BCUT2D eigenvalue weighted by molar-refractivity contribution is -0.887. The number of aliphatic carboxylic acids is 1. The number of esters is 2. The summed E-state index contributed by atoms with van der Waals surface area (Å²) in [7, 11) is 5.49. The molecule has 0 spiro atoms. The van der Waals surface area contributed by atoms with Crippen LogP contribution in [0, 0.1) is 0 Å². The molecule has 0 aromatic carbocycles. The molecule has 0 heterocycles. The predicted molar refractivity (Wildman–Crippen MR) is 215 cm³/mol. The van der Waals surface area contributed by atoms with E-state index in [9.17, 15) is 19.5 Å². The first-order valence-electron chi connectivity index (χ1n) is 20.3. The molecule has 2 atom stereocenters. The van der Waals surface area contributed by atoms with E-state index >= 15 is 0 Å². The number of carboxylic acid groups (broad SMARTS) is 1. The molecule has 52 heavy (non-hydrogen) atoms. The van der Waals surface area contributed by atoms with Gasteiger partial charge in [-0.05, 0) is 64.2 Å². The van der Waals surface area contributed by atoms with Gasteiger partial charge in [0.2, 0.25) is 0 Å². The summed E-state index contributed by atoms with van der Waals surface area (Å²) in [4.78, 5) is 36.7. The first-order valence-corrected chi connectivity index (χ1v) is 20.3. The second-order valence-corrected chi connectivity index (χ2v) is 14.5. The van der Waals surface area contributed by atoms with Gasteiger partial charge in [-0.15, -0.1) is 0 Å². The Morgan fingerprint density at radius 3 is 1.54 bits per heavy atom. The van der Waals surface area contributed by atoms with Gasteiger partial charge in [0.25, 0.3) is 0 Å². The smallest absolute Gasteiger partial charge is 0.362 e. The number of carbonyl (C=O) groups is 3. The van der Waals surface area contributed by atoms with Gasteiger partial charge in [0.05, 0.1) is 34.4 Å². The molecule has 0 aliphatic heterocycles. The minimum atomic E-state index is -0.885. The molecule has 1 N–H and O–H groups in total. The van der Waals surface area contributed by atoms with Crippen molar-refractivity contribution in [3.05, 3.63) is 60.8 Å². The van der Waals surface area contributed by atoms with Gasteiger partial charge in [0, 0.05) is 19.3 Å². The highest BCUT2D eigenvalue weighted by Gasteiger charge is 2.31. The Labute approximate surface area is 318 Å². The maximum atomic E-state index is 12.6. The van der Waals surface area contributed by atoms with Crippen LogP contribution in [0.3, 0.4) is 0 Å². The van der Waals surface area contributed by atoms with Crippen LogP contribution in [0.4, 0.5) is 0 Å². The van der Waals surface area contributed by atoms with Crippen molar-refractivity contribution in [1.29, 1.82) is 0 Å². The molecule has 0 radical (unpaired) electrons. The van der Waals surface area contributed by atoms with Crippen molar-refractivity contribution in [2.45, 2.75) is 161 Å². The highest BCUT2D eigenvalue weighted by Crippen LogP contribution is 2.12. The molecular weight excluding hydrogens is 654 g/mol. The first-order chi connectivity index (χ1) is 25.1. The number of allylic oxidation sites excluding steroid dienone is 10. The number of rotatable bonds is 35. The third kappa shape index (κ3) is 32.9. The van der Waals surface area contributed by atoms with Crippen molar-refractivity contribution in [3.63, 3.8) is 0 Å². The Morgan fingerprint density at radius 1 is 0.577 bits per heavy atom. The van der Waals surface area contributed by atoms with Crippen molar-refractivity contribution >= 4 is 17.9 Å². The number of hydrogen-bond acceptors (Lipinski definition) is 6. The summed E-state index contributed by atoms with van der Waals surface area (Å²) in [5.74, 6) is -1.54. The number of quaternary nitrogens is 1. The summed E-state index contributed by atoms with van der Waals surface area (Å²) in [6.07, 6.45) is 41.4. The van der Waals surface area contributed by atoms with E-state index in [4.69, 9.17) is 14.2 Å². The molecule has 0 aromatic rings. The molecule has 0 rings (SSSR count). The fourth-order valence-corrected chi connectivity index (χ4v) is 5.46. The fourth-order valence-electron chi connectivity index (χ4n) is 5.46. The number of carboxylic acids is 1. The average Bonchev–Trinajstić information content (AvgIpc) is 3.09. The second-order valence-electron chi connectivity index (χ2n) is 14.5. The lowest BCUT2D eigenvalue weighted by Gasteiger charge is -2.31. The van der Waals surface area contributed by atoms with Gasteiger partial charge in [-0.2, -0.15) is 0 Å². The summed E-state index contributed by atoms with van der Waals surface area (Å²) >= 11 is 0. The lowest BCUT2D eigenvalue weighted by Crippen LogP contribution is -2.50. The van der Waals surface area contributed by atoms with Crippen LogP contribution in [0.2, 0.25) is 0 Å². The summed E-state index contributed by atoms with van der Waals surface area (Å²) in [6, 6.07) is -0.620. The molecule has 2 unspecified atom stereocenters. The molecule has 0 saturated carbocycles. The number of nitrogens with zero attached hydrogens (tertiary/aromatic N) is 1. The zero-order valence-electron chi connectivity index (χ0n) is 33.7. The maximum absolute atomic E-state index is 12.6. The van der Waals surface area contributed by atoms with Gasteiger partial charge in [0.1, 0.15) is 6.61 Å². The van der Waals surface area contributed by atoms with Crippen LogP contribution < -0.4 is 0 Å². The van der Waals surface area contributed by atoms with Crippen LogP contribution in [0.15, 0.2) is 60.8 Å². The lowest BCUT2D eigenvalue weighted by atomic mass is 10.1. The summed E-state index contributed by atoms with van der Waals surface area (Å²) in [5.41, 5.74) is 0. The summed E-state index contributed by atoms with van der Waals surface area (Å²) < 4.78 is 17.1. The number of unbranched alkanes of at least 4 members (excludes halogenated alkanes) is 11. The predicted octanol–water partition coefficient (Wildman–Crippen LogP) is 10.6. The normalized spacial score (nSPS) is 13.6. The third-order valence-electron chi connectivity index (χ3n) is 8.67. The molecule has 0 fully saturated rings. The van der Waals surface area contributed by atoms with Crippen molar-refractivity contribution in [1.82, 2.24) is 0 Å². The molecule has 298 valence electrons. The molecule has 0 aromatic heterocycles. The van der Waals surface area contributed by atoms with Crippen molar-refractivity contribution in [2.24, 2.45) is 0 Å². The topological polar surface area (TPSA) is 99.1 Å². The standard InChI is InChI=1S/C44H75NO7/c1-6-8-10-12-14-15-16-17-18-19-20-21-22-23-24-25-26-27-29-30-32-34-42(46)51-39-40(38-50-37-36-41(44(48)49)45(3,4)5)52-43(47)35-33-31-28-13-11-9-7-2/h14-15,17-18,20-21,23-24,26-27,40-41H,6-13,16,19,22,25,28-39H2,1-5H3/p+1/b15-14+,18-17+,21-20+,24-23+,27-26+. The van der Waals surface area contributed by atoms with E-state index in [1.165, 1.54) is 51.4 Å². The van der Waals surface area contributed by atoms with Crippen LogP contribution in [0.25, 0.3) is 0 Å². The van der Waals surface area contributed by atoms with E-state index in [-0.39, 0.29) is 36.2 Å². The van der Waals surface area contributed by atoms with E-state index in [0.29, 0.717) is 25.7 Å². The van der Waals surface area contributed by atoms with Gasteiger partial charge in [-0.25, -0.2) is 4.79 Å². The van der Waals surface area contributed by atoms with E-state index in [1.54, 1.807) is 0 Å². The van der Waals surface area contributed by atoms with E-state index in [1.807, 2.05) is 21.1 Å². The highest BCUT2D eigenvalue weighted by atomic mass is 16.6. The second kappa shape index (κ2) is 35.1. The van der Waals surface area contributed by atoms with Crippen molar-refractivity contribution in [2.75, 3.05) is 41.0 Å². The van der Waals surface area contributed by atoms with Crippen molar-refractivity contribution < 1.29 is 38.2 Å². The SMILES string of the molecule is CCCCC/C=C/C/C=C/C/C=C/C/C=C/C/C=C/CCCCC(=O)OCC(COCCC(C(=O)O)[N+](C)(C)C)OC(=O)CCCCCCCCC. The Morgan fingerprint density at radius 2 is 1.02 bits per heavy atom. The molecule has 0 bridgehead atoms. The third-order valence-corrected chi connectivity index (χ3v) is 8.67. The molecule has 8 heteroatoms. The van der Waals surface area contributed by atoms with Crippen LogP contribution in [-0.4, -0.2) is 80.6 Å². The number of hydrogen-bond donors (Lipinski definition) is 1. The molecule has 0 aliphatic rings. The molecule has 0 aliphatic carbocycles. The van der Waals surface area contributed by atoms with Gasteiger partial charge in [-0.3, -0.25) is 9.59 Å². The summed E-state index contributed by atoms with van der Waals surface area (Å²) in [5, 5.41) is 9.57. The van der Waals surface area contributed by atoms with Crippen LogP contribution in [0.5, 0.6) is 0 Å². The Bertz CT molecular complexity index is 1040. The van der Waals surface area contributed by atoms with Crippen LogP contribution in [0.1, 0.15) is 149 Å². The number of carbonyl (C=O) groups excluding carboxylic acids is 2. The molecular formula is C44H76NO7+. The van der Waals surface area contributed by atoms with Crippen LogP contribution >= 0.6 is 0 Å². The number of ether oxygens (including phenoxy) is 3. The monoisotopic (exact) mass is 731 g/mol. The molecule has 0 amide bonds. The Hall–Kier alpha value is -2.97. The van der Waals surface area contributed by atoms with Gasteiger partial charge in [0.15, 0.2) is 12.1 Å². The van der Waals surface area contributed by atoms with E-state index in [2.05, 4.69) is 74.6 Å². The highest BCUT2D eigenvalue weighted by molar-refractivity contribution is 5.72. The Balaban J connectivity index is 4.35. The maximum Gasteiger partial charge on any atom is 0.362 e. The van der Waals surface area contributed by atoms with Gasteiger partial charge >= 0.3 is 17.9 Å². The van der Waals surface area contributed by atoms with Crippen molar-refractivity contribution in [3.8, 4) is 0 Å². The largest absolute Gasteiger partial charge is 0.477 e. The van der Waals surface area contributed by atoms with Gasteiger partial charge < -0.3 is 23.8 Å². The first kappa shape index (κ1) is 49.0. The van der Waals surface area contributed by atoms with E-state index < -0.39 is 18.1 Å². The zero-order valence-corrected chi connectivity index (χ0v) is 33.7. The summed E-state index contributed by atoms with van der Waals surface area (Å²) in [6.45, 7) is 4.59. The molecule has 8 nitrogen and oxygen atoms in total. The van der Waals surface area contributed by atoms with Crippen LogP contribution in [-0.2, 0) is 28.6 Å². The van der Waals surface area contributed by atoms with E-state index in [0.717, 1.165) is 57.8 Å². The molecule has 0 saturated heterocycles. The minimum absolute atomic E-state index is 0.0454. The number of likely N-dealkylation sites (N-methyl/N-ethyl adjacent to an activating group) is 1. The minimum Gasteiger partial charge on any atom is -0.477 e.